The third-order valence-electron chi connectivity index (χ3n) is 6.22. The summed E-state index contributed by atoms with van der Waals surface area (Å²) in [5.41, 5.74) is 1.43. The Morgan fingerprint density at radius 3 is 1.83 bits per heavy atom. The molecular formula is C26H16S3. The van der Waals surface area contributed by atoms with Crippen LogP contribution in [0.4, 0.5) is 0 Å². The topological polar surface area (TPSA) is 0 Å². The summed E-state index contributed by atoms with van der Waals surface area (Å²) in [4.78, 5) is 1.43. The molecular weight excluding hydrogens is 408 g/mol. The first kappa shape index (κ1) is 16.3. The number of hydrogen-bond donors (Lipinski definition) is 0. The lowest BCUT2D eigenvalue weighted by Crippen LogP contribution is -1.75. The van der Waals surface area contributed by atoms with Gasteiger partial charge in [-0.15, -0.1) is 34.0 Å². The first-order valence-electron chi connectivity index (χ1n) is 9.77. The minimum absolute atomic E-state index is 1.35. The summed E-state index contributed by atoms with van der Waals surface area (Å²) in [5.74, 6) is 0. The van der Waals surface area contributed by atoms with Gasteiger partial charge in [0.2, 0.25) is 0 Å². The normalized spacial score (nSPS) is 12.5. The number of hydrogen-bond acceptors (Lipinski definition) is 3. The fraction of sp³-hybridized carbons (Fsp3) is 0.0769. The Balaban J connectivity index is 1.60. The molecule has 0 saturated carbocycles. The van der Waals surface area contributed by atoms with E-state index in [0.29, 0.717) is 0 Å². The van der Waals surface area contributed by atoms with Gasteiger partial charge >= 0.3 is 0 Å². The van der Waals surface area contributed by atoms with Crippen molar-refractivity contribution in [3.05, 3.63) is 71.1 Å². The molecule has 7 rings (SSSR count). The largest absolute Gasteiger partial charge is 0.140 e. The van der Waals surface area contributed by atoms with Gasteiger partial charge < -0.3 is 0 Å². The molecule has 0 spiro atoms. The highest BCUT2D eigenvalue weighted by atomic mass is 32.1. The Labute approximate surface area is 179 Å². The summed E-state index contributed by atoms with van der Waals surface area (Å²) in [5, 5.41) is 9.66. The molecule has 0 atom stereocenters. The molecule has 3 heteroatoms. The quantitative estimate of drug-likeness (QED) is 0.227. The summed E-state index contributed by atoms with van der Waals surface area (Å²) in [6.45, 7) is 4.47. The van der Waals surface area contributed by atoms with E-state index >= 15 is 0 Å². The Bertz CT molecular complexity index is 1770. The van der Waals surface area contributed by atoms with Crippen molar-refractivity contribution in [3.63, 3.8) is 0 Å². The van der Waals surface area contributed by atoms with Gasteiger partial charge in [0.15, 0.2) is 0 Å². The first-order chi connectivity index (χ1) is 14.2. The van der Waals surface area contributed by atoms with Crippen molar-refractivity contribution < 1.29 is 0 Å². The van der Waals surface area contributed by atoms with Crippen LogP contribution in [0.3, 0.4) is 0 Å². The van der Waals surface area contributed by atoms with Gasteiger partial charge in [-0.05, 0) is 78.0 Å². The zero-order chi connectivity index (χ0) is 19.3. The Hall–Kier alpha value is -2.46. The molecule has 7 aromatic rings. The minimum Gasteiger partial charge on any atom is -0.140 e. The third-order valence-corrected chi connectivity index (χ3v) is 9.64. The SMILES string of the molecule is Cc1sc2cc3cc4c(cc3cc2c1C)sc1cc2c(cc14)sc1ccccc12. The molecule has 0 amide bonds. The molecule has 3 heterocycles. The molecule has 0 aliphatic heterocycles. The predicted octanol–water partition coefficient (Wildman–Crippen LogP) is 9.41. The van der Waals surface area contributed by atoms with Crippen LogP contribution in [0.15, 0.2) is 60.7 Å². The fourth-order valence-electron chi connectivity index (χ4n) is 4.58. The van der Waals surface area contributed by atoms with E-state index in [-0.39, 0.29) is 0 Å². The molecule has 0 unspecified atom stereocenters. The van der Waals surface area contributed by atoms with Gasteiger partial charge in [0, 0.05) is 49.9 Å². The molecule has 0 saturated heterocycles. The van der Waals surface area contributed by atoms with Crippen molar-refractivity contribution >= 4 is 95.2 Å². The van der Waals surface area contributed by atoms with Crippen LogP contribution in [0.2, 0.25) is 0 Å². The average Bonchev–Trinajstić information content (AvgIpc) is 3.34. The molecule has 0 nitrogen and oxygen atoms in total. The zero-order valence-corrected chi connectivity index (χ0v) is 18.4. The average molecular weight is 425 g/mol. The van der Waals surface area contributed by atoms with Crippen molar-refractivity contribution in [3.8, 4) is 0 Å². The van der Waals surface area contributed by atoms with Gasteiger partial charge in [0.1, 0.15) is 0 Å². The highest BCUT2D eigenvalue weighted by Crippen LogP contribution is 2.43. The monoisotopic (exact) mass is 424 g/mol. The van der Waals surface area contributed by atoms with Crippen molar-refractivity contribution in [1.82, 2.24) is 0 Å². The first-order valence-corrected chi connectivity index (χ1v) is 12.2. The van der Waals surface area contributed by atoms with E-state index in [2.05, 4.69) is 74.5 Å². The van der Waals surface area contributed by atoms with Gasteiger partial charge in [-0.2, -0.15) is 0 Å². The van der Waals surface area contributed by atoms with E-state index in [1.54, 1.807) is 0 Å². The standard InChI is InChI=1S/C26H16S3/c1-13-14(2)27-23-9-16-8-19-21-12-25-20(17-5-3-4-6-22(17)28-25)11-26(21)29-24(19)10-15(16)7-18(13)23/h3-12H,1-2H3. The van der Waals surface area contributed by atoms with E-state index in [9.17, 15) is 0 Å². The number of aryl methyl sites for hydroxylation is 2. The summed E-state index contributed by atoms with van der Waals surface area (Å²) in [6.07, 6.45) is 0. The summed E-state index contributed by atoms with van der Waals surface area (Å²) >= 11 is 5.74. The smallest absolute Gasteiger partial charge is 0.0362 e. The lowest BCUT2D eigenvalue weighted by atomic mass is 10.0. The van der Waals surface area contributed by atoms with Crippen LogP contribution in [-0.2, 0) is 0 Å². The molecule has 0 radical (unpaired) electrons. The molecule has 4 aromatic carbocycles. The van der Waals surface area contributed by atoms with E-state index in [1.165, 1.54) is 71.6 Å². The van der Waals surface area contributed by atoms with E-state index in [1.807, 2.05) is 34.0 Å². The summed E-state index contributed by atoms with van der Waals surface area (Å²) < 4.78 is 6.94. The van der Waals surface area contributed by atoms with E-state index < -0.39 is 0 Å². The molecule has 0 aliphatic carbocycles. The lowest BCUT2D eigenvalue weighted by Gasteiger charge is -2.01. The van der Waals surface area contributed by atoms with E-state index in [0.717, 1.165) is 0 Å². The van der Waals surface area contributed by atoms with Gasteiger partial charge in [-0.25, -0.2) is 0 Å². The maximum Gasteiger partial charge on any atom is 0.0362 e. The molecule has 0 fully saturated rings. The number of fused-ring (bicyclic) bond motifs is 8. The molecule has 0 aliphatic rings. The van der Waals surface area contributed by atoms with Crippen LogP contribution in [0, 0.1) is 13.8 Å². The van der Waals surface area contributed by atoms with Crippen molar-refractivity contribution in [2.45, 2.75) is 13.8 Å². The second-order valence-corrected chi connectivity index (χ2v) is 11.3. The van der Waals surface area contributed by atoms with Crippen molar-refractivity contribution in [2.75, 3.05) is 0 Å². The minimum atomic E-state index is 1.35. The van der Waals surface area contributed by atoms with Crippen molar-refractivity contribution in [1.29, 1.82) is 0 Å². The third kappa shape index (κ3) is 2.18. The zero-order valence-electron chi connectivity index (χ0n) is 16.0. The Morgan fingerprint density at radius 2 is 1.03 bits per heavy atom. The predicted molar refractivity (Wildman–Crippen MR) is 135 cm³/mol. The maximum atomic E-state index is 2.41. The van der Waals surface area contributed by atoms with Gasteiger partial charge in [0.05, 0.1) is 0 Å². The van der Waals surface area contributed by atoms with Crippen LogP contribution >= 0.6 is 34.0 Å². The molecule has 0 N–H and O–H groups in total. The highest BCUT2D eigenvalue weighted by Gasteiger charge is 2.13. The van der Waals surface area contributed by atoms with Crippen LogP contribution < -0.4 is 0 Å². The van der Waals surface area contributed by atoms with Gasteiger partial charge in [0.25, 0.3) is 0 Å². The fourth-order valence-corrected chi connectivity index (χ4v) is 7.96. The van der Waals surface area contributed by atoms with Crippen molar-refractivity contribution in [2.24, 2.45) is 0 Å². The van der Waals surface area contributed by atoms with Gasteiger partial charge in [-0.1, -0.05) is 18.2 Å². The number of rotatable bonds is 0. The van der Waals surface area contributed by atoms with Crippen LogP contribution in [-0.4, -0.2) is 0 Å². The Morgan fingerprint density at radius 1 is 0.483 bits per heavy atom. The molecule has 138 valence electrons. The number of thiophene rings is 3. The lowest BCUT2D eigenvalue weighted by molar-refractivity contribution is 1.47. The second kappa shape index (κ2) is 5.57. The van der Waals surface area contributed by atoms with E-state index in [4.69, 9.17) is 0 Å². The molecule has 0 bridgehead atoms. The molecule has 3 aromatic heterocycles. The summed E-state index contributed by atoms with van der Waals surface area (Å²) in [7, 11) is 0. The second-order valence-electron chi connectivity index (χ2n) is 7.87. The summed E-state index contributed by atoms with van der Waals surface area (Å²) in [6, 6.07) is 23.2. The van der Waals surface area contributed by atoms with Crippen LogP contribution in [0.5, 0.6) is 0 Å². The van der Waals surface area contributed by atoms with Crippen LogP contribution in [0.1, 0.15) is 10.4 Å². The number of benzene rings is 4. The van der Waals surface area contributed by atoms with Crippen LogP contribution in [0.25, 0.3) is 61.2 Å². The van der Waals surface area contributed by atoms with Gasteiger partial charge in [-0.3, -0.25) is 0 Å². The molecule has 29 heavy (non-hydrogen) atoms. The Kier molecular flexibility index (Phi) is 3.14. The maximum absolute atomic E-state index is 2.41. The highest BCUT2D eigenvalue weighted by molar-refractivity contribution is 7.27.